The molecule has 1 unspecified atom stereocenters. The first kappa shape index (κ1) is 13.1. The molecule has 1 aromatic heterocycles. The van der Waals surface area contributed by atoms with E-state index >= 15 is 0 Å². The fraction of sp³-hybridized carbons (Fsp3) is 0.769. The number of rotatable bonds is 3. The van der Waals surface area contributed by atoms with Crippen LogP contribution in [0.15, 0.2) is 6.07 Å². The highest BCUT2D eigenvalue weighted by Gasteiger charge is 2.48. The minimum absolute atomic E-state index is 0.115. The number of aromatic nitrogens is 2. The second-order valence-corrected chi connectivity index (χ2v) is 8.37. The predicted octanol–water partition coefficient (Wildman–Crippen LogP) is 0.295. The van der Waals surface area contributed by atoms with E-state index in [0.717, 1.165) is 31.6 Å². The van der Waals surface area contributed by atoms with Crippen LogP contribution in [-0.4, -0.2) is 42.8 Å². The normalized spacial score (nSPS) is 28.2. The summed E-state index contributed by atoms with van der Waals surface area (Å²) in [4.78, 5) is 0. The van der Waals surface area contributed by atoms with Crippen molar-refractivity contribution in [2.45, 2.75) is 19.8 Å². The molecule has 2 fully saturated rings. The van der Waals surface area contributed by atoms with Crippen LogP contribution in [0.25, 0.3) is 0 Å². The number of nitrogens with zero attached hydrogens (tertiary/aromatic N) is 2. The van der Waals surface area contributed by atoms with Gasteiger partial charge in [0, 0.05) is 31.2 Å². The highest BCUT2D eigenvalue weighted by Crippen LogP contribution is 2.41. The number of hydrogen-bond donors (Lipinski definition) is 1. The fourth-order valence-electron chi connectivity index (χ4n) is 3.47. The van der Waals surface area contributed by atoms with E-state index < -0.39 is 9.84 Å². The second kappa shape index (κ2) is 4.31. The molecular formula is C13H21N3O2S. The molecule has 0 spiro atoms. The fourth-order valence-corrected chi connectivity index (χ4v) is 5.42. The zero-order chi connectivity index (χ0) is 13.7. The summed E-state index contributed by atoms with van der Waals surface area (Å²) in [6.07, 6.45) is 1.75. The van der Waals surface area contributed by atoms with Gasteiger partial charge in [-0.3, -0.25) is 4.68 Å². The van der Waals surface area contributed by atoms with Crippen LogP contribution in [0.5, 0.6) is 0 Å². The predicted molar refractivity (Wildman–Crippen MR) is 73.7 cm³/mol. The Bertz CT molecular complexity index is 587. The summed E-state index contributed by atoms with van der Waals surface area (Å²) in [5.41, 5.74) is 2.35. The number of aryl methyl sites for hydroxylation is 2. The van der Waals surface area contributed by atoms with Crippen molar-refractivity contribution in [3.63, 3.8) is 0 Å². The third-order valence-electron chi connectivity index (χ3n) is 4.68. The average molecular weight is 283 g/mol. The van der Waals surface area contributed by atoms with Crippen molar-refractivity contribution in [2.75, 3.05) is 24.6 Å². The van der Waals surface area contributed by atoms with Crippen LogP contribution in [0.1, 0.15) is 17.8 Å². The van der Waals surface area contributed by atoms with Crippen molar-refractivity contribution in [1.29, 1.82) is 0 Å². The zero-order valence-corrected chi connectivity index (χ0v) is 12.3. The molecule has 106 valence electrons. The summed E-state index contributed by atoms with van der Waals surface area (Å²) in [6.45, 7) is 3.85. The molecule has 19 heavy (non-hydrogen) atoms. The Morgan fingerprint density at radius 3 is 2.68 bits per heavy atom. The third kappa shape index (κ3) is 2.31. The topological polar surface area (TPSA) is 64.0 Å². The van der Waals surface area contributed by atoms with Gasteiger partial charge in [-0.2, -0.15) is 5.10 Å². The Morgan fingerprint density at radius 2 is 2.26 bits per heavy atom. The second-order valence-electron chi connectivity index (χ2n) is 6.14. The first-order valence-electron chi connectivity index (χ1n) is 6.81. The first-order chi connectivity index (χ1) is 8.90. The van der Waals surface area contributed by atoms with Crippen LogP contribution in [0.4, 0.5) is 0 Å². The van der Waals surface area contributed by atoms with Crippen molar-refractivity contribution in [3.05, 3.63) is 17.5 Å². The van der Waals surface area contributed by atoms with E-state index in [1.807, 2.05) is 18.7 Å². The summed E-state index contributed by atoms with van der Waals surface area (Å²) in [6, 6.07) is 2.11. The summed E-state index contributed by atoms with van der Waals surface area (Å²) in [7, 11) is -0.836. The van der Waals surface area contributed by atoms with Gasteiger partial charge in [-0.15, -0.1) is 0 Å². The molecule has 6 heteroatoms. The van der Waals surface area contributed by atoms with Crippen molar-refractivity contribution >= 4 is 9.84 Å². The first-order valence-corrected chi connectivity index (χ1v) is 8.63. The van der Waals surface area contributed by atoms with Crippen LogP contribution in [0.3, 0.4) is 0 Å². The maximum atomic E-state index is 11.7. The van der Waals surface area contributed by atoms with Gasteiger partial charge < -0.3 is 5.32 Å². The van der Waals surface area contributed by atoms with E-state index in [-0.39, 0.29) is 5.41 Å². The third-order valence-corrected chi connectivity index (χ3v) is 6.45. The monoisotopic (exact) mass is 283 g/mol. The maximum absolute atomic E-state index is 11.7. The molecule has 3 heterocycles. The number of hydrogen-bond acceptors (Lipinski definition) is 4. The molecular weight excluding hydrogens is 262 g/mol. The molecule has 0 radical (unpaired) electrons. The van der Waals surface area contributed by atoms with Crippen LogP contribution in [0.2, 0.25) is 0 Å². The van der Waals surface area contributed by atoms with Gasteiger partial charge in [0.05, 0.1) is 17.2 Å². The van der Waals surface area contributed by atoms with Crippen LogP contribution in [0, 0.1) is 18.3 Å². The summed E-state index contributed by atoms with van der Waals surface area (Å²) in [5, 5.41) is 7.72. The smallest absolute Gasteiger partial charge is 0.150 e. The van der Waals surface area contributed by atoms with Gasteiger partial charge in [-0.25, -0.2) is 8.42 Å². The van der Waals surface area contributed by atoms with E-state index in [4.69, 9.17) is 0 Å². The maximum Gasteiger partial charge on any atom is 0.150 e. The van der Waals surface area contributed by atoms with E-state index in [2.05, 4.69) is 16.5 Å². The van der Waals surface area contributed by atoms with Crippen molar-refractivity contribution in [1.82, 2.24) is 15.1 Å². The molecule has 0 aromatic carbocycles. The minimum Gasteiger partial charge on any atom is -0.315 e. The van der Waals surface area contributed by atoms with E-state index in [1.54, 1.807) is 0 Å². The Balaban J connectivity index is 1.82. The van der Waals surface area contributed by atoms with Gasteiger partial charge in [0.25, 0.3) is 0 Å². The Morgan fingerprint density at radius 1 is 1.53 bits per heavy atom. The Labute approximate surface area is 114 Å². The lowest BCUT2D eigenvalue weighted by Crippen LogP contribution is -2.59. The average Bonchev–Trinajstić information content (AvgIpc) is 2.76. The van der Waals surface area contributed by atoms with Gasteiger partial charge >= 0.3 is 0 Å². The van der Waals surface area contributed by atoms with Gasteiger partial charge in [0.1, 0.15) is 0 Å². The van der Waals surface area contributed by atoms with Crippen molar-refractivity contribution < 1.29 is 8.42 Å². The molecule has 0 saturated carbocycles. The molecule has 0 aliphatic carbocycles. The lowest BCUT2D eigenvalue weighted by Gasteiger charge is -2.47. The van der Waals surface area contributed by atoms with Gasteiger partial charge in [0.2, 0.25) is 0 Å². The highest BCUT2D eigenvalue weighted by atomic mass is 32.2. The molecule has 2 aliphatic heterocycles. The lowest BCUT2D eigenvalue weighted by molar-refractivity contribution is 0.0899. The molecule has 3 rings (SSSR count). The van der Waals surface area contributed by atoms with Gasteiger partial charge in [-0.1, -0.05) is 0 Å². The molecule has 1 N–H and O–H groups in total. The van der Waals surface area contributed by atoms with Crippen LogP contribution in [-0.2, 0) is 23.3 Å². The molecule has 0 amide bonds. The van der Waals surface area contributed by atoms with Gasteiger partial charge in [0.15, 0.2) is 9.84 Å². The molecule has 2 aliphatic rings. The lowest BCUT2D eigenvalue weighted by atomic mass is 9.67. The van der Waals surface area contributed by atoms with E-state index in [1.165, 1.54) is 5.69 Å². The largest absolute Gasteiger partial charge is 0.315 e. The molecule has 5 nitrogen and oxygen atoms in total. The van der Waals surface area contributed by atoms with E-state index in [9.17, 15) is 8.42 Å². The summed E-state index contributed by atoms with van der Waals surface area (Å²) < 4.78 is 25.4. The minimum atomic E-state index is -2.80. The van der Waals surface area contributed by atoms with Crippen LogP contribution < -0.4 is 5.32 Å². The number of nitrogens with one attached hydrogen (secondary N) is 1. The summed E-state index contributed by atoms with van der Waals surface area (Å²) >= 11 is 0. The van der Waals surface area contributed by atoms with Crippen LogP contribution >= 0.6 is 0 Å². The summed E-state index contributed by atoms with van der Waals surface area (Å²) in [5.74, 6) is 1.03. The Hall–Kier alpha value is -0.880. The van der Waals surface area contributed by atoms with Crippen molar-refractivity contribution in [3.8, 4) is 0 Å². The quantitative estimate of drug-likeness (QED) is 0.866. The van der Waals surface area contributed by atoms with E-state index in [0.29, 0.717) is 17.4 Å². The SMILES string of the molecule is Cc1cc(CC2(C3CCS(=O)(=O)C3)CNC2)n(C)n1. The Kier molecular flexibility index (Phi) is 2.98. The number of sulfone groups is 1. The standard InChI is InChI=1S/C13H21N3O2S/c1-10-5-12(16(2)15-10)6-13(8-14-9-13)11-3-4-19(17,18)7-11/h5,11,14H,3-4,6-9H2,1-2H3. The van der Waals surface area contributed by atoms with Gasteiger partial charge in [-0.05, 0) is 31.7 Å². The molecule has 0 bridgehead atoms. The molecule has 2 saturated heterocycles. The molecule has 1 aromatic rings. The molecule has 1 atom stereocenters. The zero-order valence-electron chi connectivity index (χ0n) is 11.5. The van der Waals surface area contributed by atoms with Crippen molar-refractivity contribution in [2.24, 2.45) is 18.4 Å². The highest BCUT2D eigenvalue weighted by molar-refractivity contribution is 7.91.